The van der Waals surface area contributed by atoms with Gasteiger partial charge in [-0.2, -0.15) is 0 Å². The summed E-state index contributed by atoms with van der Waals surface area (Å²) in [6.45, 7) is 5.00. The zero-order valence-corrected chi connectivity index (χ0v) is 13.9. The van der Waals surface area contributed by atoms with E-state index in [0.29, 0.717) is 18.7 Å². The fraction of sp³-hybridized carbons (Fsp3) is 0.389. The number of aromatic hydroxyl groups is 1. The van der Waals surface area contributed by atoms with Gasteiger partial charge >= 0.3 is 0 Å². The van der Waals surface area contributed by atoms with E-state index in [1.54, 1.807) is 0 Å². The molecule has 0 atom stereocenters. The van der Waals surface area contributed by atoms with E-state index in [2.05, 4.69) is 33.2 Å². The highest BCUT2D eigenvalue weighted by atomic mass is 19.1. The van der Waals surface area contributed by atoms with Crippen LogP contribution in [0.15, 0.2) is 36.5 Å². The largest absolute Gasteiger partial charge is 0.508 e. The molecule has 0 spiro atoms. The maximum atomic E-state index is 13.3. The van der Waals surface area contributed by atoms with Crippen LogP contribution in [0.5, 0.6) is 5.75 Å². The van der Waals surface area contributed by atoms with Gasteiger partial charge in [0.1, 0.15) is 17.4 Å². The first kappa shape index (κ1) is 16.7. The van der Waals surface area contributed by atoms with Crippen LogP contribution >= 0.6 is 0 Å². The molecule has 1 aromatic heterocycles. The van der Waals surface area contributed by atoms with Crippen LogP contribution in [0.3, 0.4) is 0 Å². The molecule has 6 heteroatoms. The molecule has 0 bridgehead atoms. The minimum absolute atomic E-state index is 0.106. The average Bonchev–Trinajstić information content (AvgIpc) is 2.59. The predicted molar refractivity (Wildman–Crippen MR) is 92.6 cm³/mol. The number of hydrogen-bond donors (Lipinski definition) is 2. The number of rotatable bonds is 5. The Hall–Kier alpha value is -2.18. The van der Waals surface area contributed by atoms with Crippen LogP contribution in [0.2, 0.25) is 0 Å². The molecule has 0 saturated carbocycles. The zero-order chi connectivity index (χ0) is 16.9. The Bertz CT molecular complexity index is 686. The maximum Gasteiger partial charge on any atom is 0.133 e. The molecule has 24 heavy (non-hydrogen) atoms. The molecule has 2 heterocycles. The van der Waals surface area contributed by atoms with Gasteiger partial charge in [0.05, 0.1) is 0 Å². The van der Waals surface area contributed by atoms with Crippen molar-refractivity contribution in [3.05, 3.63) is 53.5 Å². The van der Waals surface area contributed by atoms with E-state index in [9.17, 15) is 9.50 Å². The van der Waals surface area contributed by atoms with Crippen molar-refractivity contribution < 1.29 is 9.50 Å². The van der Waals surface area contributed by atoms with Crippen molar-refractivity contribution in [1.82, 2.24) is 15.2 Å². The van der Waals surface area contributed by atoms with Gasteiger partial charge in [-0.15, -0.1) is 0 Å². The molecule has 1 aliphatic rings. The zero-order valence-electron chi connectivity index (χ0n) is 13.9. The number of benzene rings is 1. The minimum atomic E-state index is -0.343. The van der Waals surface area contributed by atoms with Gasteiger partial charge in [-0.3, -0.25) is 0 Å². The summed E-state index contributed by atoms with van der Waals surface area (Å²) in [7, 11) is 2.13. The predicted octanol–water partition coefficient (Wildman–Crippen LogP) is 1.97. The van der Waals surface area contributed by atoms with Crippen LogP contribution < -0.4 is 10.2 Å². The normalized spacial score (nSPS) is 15.7. The Labute approximate surface area is 141 Å². The number of halogens is 1. The summed E-state index contributed by atoms with van der Waals surface area (Å²) in [4.78, 5) is 9.15. The number of phenolic OH excluding ortho intramolecular Hbond substituents is 1. The van der Waals surface area contributed by atoms with E-state index in [0.717, 1.165) is 37.6 Å². The molecule has 1 saturated heterocycles. The second-order valence-electron chi connectivity index (χ2n) is 6.15. The quantitative estimate of drug-likeness (QED) is 0.878. The molecule has 2 N–H and O–H groups in total. The van der Waals surface area contributed by atoms with Crippen LogP contribution in [-0.4, -0.2) is 48.2 Å². The summed E-state index contributed by atoms with van der Waals surface area (Å²) in [6, 6.07) is 7.97. The van der Waals surface area contributed by atoms with Crippen molar-refractivity contribution in [3.63, 3.8) is 0 Å². The molecule has 2 aromatic rings. The molecule has 3 rings (SSSR count). The smallest absolute Gasteiger partial charge is 0.133 e. The lowest BCUT2D eigenvalue weighted by Crippen LogP contribution is -2.45. The minimum Gasteiger partial charge on any atom is -0.508 e. The Morgan fingerprint density at radius 1 is 1.12 bits per heavy atom. The van der Waals surface area contributed by atoms with Gasteiger partial charge in [-0.05, 0) is 31.3 Å². The Morgan fingerprint density at radius 3 is 2.67 bits per heavy atom. The SMILES string of the molecule is CN1CCN(c2ncccc2CNCc2cc(F)ccc2O)CC1. The Kier molecular flexibility index (Phi) is 5.27. The second-order valence-corrected chi connectivity index (χ2v) is 6.15. The molecule has 0 aliphatic carbocycles. The van der Waals surface area contributed by atoms with Crippen LogP contribution in [0, 0.1) is 5.82 Å². The Balaban J connectivity index is 1.64. The fourth-order valence-electron chi connectivity index (χ4n) is 2.90. The number of anilines is 1. The van der Waals surface area contributed by atoms with Crippen molar-refractivity contribution >= 4 is 5.82 Å². The first-order valence-corrected chi connectivity index (χ1v) is 8.19. The van der Waals surface area contributed by atoms with Crippen molar-refractivity contribution in [2.24, 2.45) is 0 Å². The number of likely N-dealkylation sites (N-methyl/N-ethyl adjacent to an activating group) is 1. The van der Waals surface area contributed by atoms with E-state index in [1.807, 2.05) is 12.3 Å². The number of hydrogen-bond acceptors (Lipinski definition) is 5. The van der Waals surface area contributed by atoms with Gasteiger partial charge in [0.2, 0.25) is 0 Å². The van der Waals surface area contributed by atoms with Crippen molar-refractivity contribution in [2.75, 3.05) is 38.1 Å². The first-order chi connectivity index (χ1) is 11.6. The van der Waals surface area contributed by atoms with Gasteiger partial charge in [0.25, 0.3) is 0 Å². The van der Waals surface area contributed by atoms with E-state index in [4.69, 9.17) is 0 Å². The number of nitrogens with zero attached hydrogens (tertiary/aromatic N) is 3. The summed E-state index contributed by atoms with van der Waals surface area (Å²) >= 11 is 0. The van der Waals surface area contributed by atoms with Crippen molar-refractivity contribution in [3.8, 4) is 5.75 Å². The molecule has 0 unspecified atom stereocenters. The van der Waals surface area contributed by atoms with Gasteiger partial charge in [-0.25, -0.2) is 9.37 Å². The highest BCUT2D eigenvalue weighted by Crippen LogP contribution is 2.20. The number of phenols is 1. The molecule has 1 aliphatic heterocycles. The van der Waals surface area contributed by atoms with E-state index >= 15 is 0 Å². The van der Waals surface area contributed by atoms with Crippen molar-refractivity contribution in [2.45, 2.75) is 13.1 Å². The number of nitrogens with one attached hydrogen (secondary N) is 1. The second kappa shape index (κ2) is 7.59. The lowest BCUT2D eigenvalue weighted by Gasteiger charge is -2.34. The summed E-state index contributed by atoms with van der Waals surface area (Å²) in [5.74, 6) is 0.764. The highest BCUT2D eigenvalue weighted by molar-refractivity contribution is 5.47. The lowest BCUT2D eigenvalue weighted by molar-refractivity contribution is 0.311. The third-order valence-electron chi connectivity index (χ3n) is 4.34. The molecule has 1 aromatic carbocycles. The van der Waals surface area contributed by atoms with E-state index < -0.39 is 0 Å². The van der Waals surface area contributed by atoms with Crippen LogP contribution in [0.1, 0.15) is 11.1 Å². The lowest BCUT2D eigenvalue weighted by atomic mass is 10.1. The number of pyridine rings is 1. The van der Waals surface area contributed by atoms with Gasteiger partial charge < -0.3 is 20.2 Å². The molecule has 128 valence electrons. The number of aromatic nitrogens is 1. The Morgan fingerprint density at radius 2 is 1.88 bits per heavy atom. The van der Waals surface area contributed by atoms with Gasteiger partial charge in [-0.1, -0.05) is 6.07 Å². The standard InChI is InChI=1S/C18H23FN4O/c1-22-7-9-23(10-8-22)18-14(3-2-6-21-18)12-20-13-15-11-16(19)4-5-17(15)24/h2-6,11,20,24H,7-10,12-13H2,1H3. The van der Waals surface area contributed by atoms with Gasteiger partial charge in [0.15, 0.2) is 0 Å². The molecular weight excluding hydrogens is 307 g/mol. The van der Waals surface area contributed by atoms with Gasteiger partial charge in [0, 0.05) is 56.6 Å². The third kappa shape index (κ3) is 4.01. The monoisotopic (exact) mass is 330 g/mol. The number of piperazine rings is 1. The third-order valence-corrected chi connectivity index (χ3v) is 4.34. The van der Waals surface area contributed by atoms with E-state index in [-0.39, 0.29) is 11.6 Å². The summed E-state index contributed by atoms with van der Waals surface area (Å²) in [5.41, 5.74) is 1.66. The summed E-state index contributed by atoms with van der Waals surface area (Å²) in [6.07, 6.45) is 1.82. The molecular formula is C18H23FN4O. The molecule has 5 nitrogen and oxygen atoms in total. The van der Waals surface area contributed by atoms with Crippen molar-refractivity contribution in [1.29, 1.82) is 0 Å². The topological polar surface area (TPSA) is 51.6 Å². The highest BCUT2D eigenvalue weighted by Gasteiger charge is 2.17. The fourth-order valence-corrected chi connectivity index (χ4v) is 2.90. The molecule has 0 radical (unpaired) electrons. The van der Waals surface area contributed by atoms with Crippen LogP contribution in [-0.2, 0) is 13.1 Å². The average molecular weight is 330 g/mol. The van der Waals surface area contributed by atoms with Crippen LogP contribution in [0.25, 0.3) is 0 Å². The summed E-state index contributed by atoms with van der Waals surface area (Å²) < 4.78 is 13.3. The summed E-state index contributed by atoms with van der Waals surface area (Å²) in [5, 5.41) is 13.1. The molecule has 0 amide bonds. The molecule has 1 fully saturated rings. The maximum absolute atomic E-state index is 13.3. The van der Waals surface area contributed by atoms with Crippen LogP contribution in [0.4, 0.5) is 10.2 Å². The van der Waals surface area contributed by atoms with E-state index in [1.165, 1.54) is 18.2 Å². The first-order valence-electron chi connectivity index (χ1n) is 8.19.